The maximum Gasteiger partial charge on any atom is 0.111 e. The lowest BCUT2D eigenvalue weighted by Gasteiger charge is -2.34. The number of likely N-dealkylation sites (tertiary alicyclic amines) is 2. The van der Waals surface area contributed by atoms with Crippen LogP contribution >= 0.6 is 0 Å². The average molecular weight is 406 g/mol. The Hall–Kier alpha value is -1.75. The minimum Gasteiger partial charge on any atom is -0.383 e. The molecule has 4 nitrogen and oxygen atoms in total. The second kappa shape index (κ2) is 8.41. The number of piperidine rings is 1. The van der Waals surface area contributed by atoms with Gasteiger partial charge in [0.15, 0.2) is 0 Å². The molecule has 1 N–H and O–H groups in total. The predicted octanol–water partition coefficient (Wildman–Crippen LogP) is 3.83. The Morgan fingerprint density at radius 2 is 1.80 bits per heavy atom. The summed E-state index contributed by atoms with van der Waals surface area (Å²) in [5.41, 5.74) is 2.74. The predicted molar refractivity (Wildman–Crippen MR) is 120 cm³/mol. The quantitative estimate of drug-likeness (QED) is 0.821. The lowest BCUT2D eigenvalue weighted by Crippen LogP contribution is -2.39. The van der Waals surface area contributed by atoms with E-state index in [9.17, 15) is 5.11 Å². The number of aryl methyl sites for hydroxylation is 1. The molecule has 0 radical (unpaired) electrons. The molecule has 4 heteroatoms. The molecule has 2 aromatic rings. The number of fused-ring (bicyclic) bond motifs is 1. The summed E-state index contributed by atoms with van der Waals surface area (Å²) in [6.07, 6.45) is 6.48. The van der Waals surface area contributed by atoms with Crippen molar-refractivity contribution in [2.75, 3.05) is 32.7 Å². The van der Waals surface area contributed by atoms with E-state index in [4.69, 9.17) is 0 Å². The van der Waals surface area contributed by atoms with Gasteiger partial charge in [0.1, 0.15) is 5.60 Å². The highest BCUT2D eigenvalue weighted by Gasteiger charge is 2.53. The van der Waals surface area contributed by atoms with E-state index in [2.05, 4.69) is 58.1 Å². The largest absolute Gasteiger partial charge is 0.383 e. The number of hydrogen-bond acceptors (Lipinski definition) is 4. The van der Waals surface area contributed by atoms with Gasteiger partial charge in [0.2, 0.25) is 0 Å². The van der Waals surface area contributed by atoms with E-state index in [0.717, 1.165) is 49.7 Å². The second-order valence-electron chi connectivity index (χ2n) is 9.97. The van der Waals surface area contributed by atoms with Crippen LogP contribution in [0, 0.1) is 24.7 Å². The molecule has 5 rings (SSSR count). The van der Waals surface area contributed by atoms with Crippen molar-refractivity contribution >= 4 is 0 Å². The molecule has 0 amide bonds. The summed E-state index contributed by atoms with van der Waals surface area (Å²) in [5, 5.41) is 11.5. The Kier molecular flexibility index (Phi) is 5.65. The molecule has 3 atom stereocenters. The first-order valence-electron chi connectivity index (χ1n) is 11.7. The Morgan fingerprint density at radius 1 is 1.00 bits per heavy atom. The summed E-state index contributed by atoms with van der Waals surface area (Å²) >= 11 is 0. The summed E-state index contributed by atoms with van der Waals surface area (Å²) in [6, 6.07) is 15.0. The Morgan fingerprint density at radius 3 is 2.53 bits per heavy atom. The van der Waals surface area contributed by atoms with Crippen molar-refractivity contribution in [3.05, 3.63) is 65.5 Å². The van der Waals surface area contributed by atoms with Crippen LogP contribution in [0.2, 0.25) is 0 Å². The normalized spacial score (nSPS) is 30.6. The van der Waals surface area contributed by atoms with Crippen LogP contribution < -0.4 is 0 Å². The van der Waals surface area contributed by atoms with Crippen LogP contribution in [0.1, 0.15) is 42.5 Å². The molecule has 1 aromatic carbocycles. The highest BCUT2D eigenvalue weighted by molar-refractivity contribution is 5.22. The van der Waals surface area contributed by atoms with Crippen LogP contribution in [0.15, 0.2) is 48.7 Å². The van der Waals surface area contributed by atoms with Gasteiger partial charge in [-0.25, -0.2) is 0 Å². The van der Waals surface area contributed by atoms with Crippen molar-refractivity contribution in [2.24, 2.45) is 17.8 Å². The molecule has 30 heavy (non-hydrogen) atoms. The van der Waals surface area contributed by atoms with Gasteiger partial charge in [0.25, 0.3) is 0 Å². The summed E-state index contributed by atoms with van der Waals surface area (Å²) in [7, 11) is 0. The van der Waals surface area contributed by atoms with Crippen LogP contribution in [0.3, 0.4) is 0 Å². The Labute approximate surface area is 180 Å². The van der Waals surface area contributed by atoms with Gasteiger partial charge < -0.3 is 10.0 Å². The molecule has 2 saturated heterocycles. The zero-order valence-electron chi connectivity index (χ0n) is 18.2. The van der Waals surface area contributed by atoms with Gasteiger partial charge in [0, 0.05) is 38.3 Å². The first-order valence-corrected chi connectivity index (χ1v) is 11.7. The van der Waals surface area contributed by atoms with Gasteiger partial charge in [-0.1, -0.05) is 36.4 Å². The van der Waals surface area contributed by atoms with E-state index < -0.39 is 5.60 Å². The number of aromatic nitrogens is 1. The molecule has 1 aromatic heterocycles. The minimum atomic E-state index is -0.730. The molecule has 3 fully saturated rings. The second-order valence-corrected chi connectivity index (χ2v) is 9.97. The van der Waals surface area contributed by atoms with Crippen LogP contribution in [-0.4, -0.2) is 52.6 Å². The third kappa shape index (κ3) is 4.05. The van der Waals surface area contributed by atoms with Gasteiger partial charge in [-0.3, -0.25) is 9.88 Å². The lowest BCUT2D eigenvalue weighted by atomic mass is 9.85. The molecule has 0 bridgehead atoms. The number of hydrogen-bond donors (Lipinski definition) is 1. The van der Waals surface area contributed by atoms with Gasteiger partial charge in [-0.2, -0.15) is 0 Å². The summed E-state index contributed by atoms with van der Waals surface area (Å²) < 4.78 is 0. The van der Waals surface area contributed by atoms with Gasteiger partial charge in [0.05, 0.1) is 5.69 Å². The fraction of sp³-hybridized carbons (Fsp3) is 0.577. The van der Waals surface area contributed by atoms with Gasteiger partial charge >= 0.3 is 0 Å². The van der Waals surface area contributed by atoms with Crippen LogP contribution in [0.5, 0.6) is 0 Å². The molecular formula is C26H35N3O. The first kappa shape index (κ1) is 20.2. The fourth-order valence-electron chi connectivity index (χ4n) is 6.11. The van der Waals surface area contributed by atoms with Crippen molar-refractivity contribution in [2.45, 2.75) is 44.8 Å². The van der Waals surface area contributed by atoms with Crippen LogP contribution in [0.4, 0.5) is 0 Å². The highest BCUT2D eigenvalue weighted by atomic mass is 16.3. The van der Waals surface area contributed by atoms with Crippen molar-refractivity contribution in [1.29, 1.82) is 0 Å². The maximum absolute atomic E-state index is 11.5. The number of aliphatic hydroxyl groups is 1. The summed E-state index contributed by atoms with van der Waals surface area (Å²) in [6.45, 7) is 8.93. The topological polar surface area (TPSA) is 39.6 Å². The zero-order chi connectivity index (χ0) is 20.6. The third-order valence-corrected chi connectivity index (χ3v) is 7.85. The number of rotatable bonds is 5. The molecule has 160 valence electrons. The SMILES string of the molecule is Cc1ccc([C@@]2(O)CC[C@@H]3CN(CC4CCN(Cc5ccccc5)CC4)C[C@@H]32)nc1. The molecule has 0 unspecified atom stereocenters. The van der Waals surface area contributed by atoms with Gasteiger partial charge in [-0.05, 0) is 74.7 Å². The standard InChI is InChI=1S/C26H35N3O/c1-20-7-8-25(27-15-20)26(30)12-9-23-18-29(19-24(23)26)17-22-10-13-28(14-11-22)16-21-5-3-2-4-6-21/h2-8,15,22-24,30H,9-14,16-19H2,1H3/t23-,24+,26-/m1/s1. The van der Waals surface area contributed by atoms with Crippen molar-refractivity contribution in [1.82, 2.24) is 14.8 Å². The summed E-state index contributed by atoms with van der Waals surface area (Å²) in [5.74, 6) is 1.75. The van der Waals surface area contributed by atoms with E-state index in [1.807, 2.05) is 12.3 Å². The molecule has 1 aliphatic carbocycles. The van der Waals surface area contributed by atoms with E-state index >= 15 is 0 Å². The van der Waals surface area contributed by atoms with Crippen molar-refractivity contribution < 1.29 is 5.11 Å². The molecule has 0 spiro atoms. The van der Waals surface area contributed by atoms with E-state index in [-0.39, 0.29) is 0 Å². The first-order chi connectivity index (χ1) is 14.6. The smallest absolute Gasteiger partial charge is 0.111 e. The van der Waals surface area contributed by atoms with Crippen LogP contribution in [-0.2, 0) is 12.1 Å². The number of benzene rings is 1. The molecule has 3 heterocycles. The molecule has 3 aliphatic rings. The van der Waals surface area contributed by atoms with Crippen molar-refractivity contribution in [3.8, 4) is 0 Å². The fourth-order valence-corrected chi connectivity index (χ4v) is 6.11. The van der Waals surface area contributed by atoms with Crippen LogP contribution in [0.25, 0.3) is 0 Å². The van der Waals surface area contributed by atoms with E-state index in [0.29, 0.717) is 11.8 Å². The maximum atomic E-state index is 11.5. The molecule has 2 aliphatic heterocycles. The average Bonchev–Trinajstić information content (AvgIpc) is 3.31. The Bertz CT molecular complexity index is 831. The Balaban J connectivity index is 1.14. The van der Waals surface area contributed by atoms with E-state index in [1.165, 1.54) is 38.0 Å². The molecule has 1 saturated carbocycles. The highest BCUT2D eigenvalue weighted by Crippen LogP contribution is 2.50. The minimum absolute atomic E-state index is 0.339. The number of pyridine rings is 1. The number of nitrogens with zero attached hydrogens (tertiary/aromatic N) is 3. The lowest BCUT2D eigenvalue weighted by molar-refractivity contribution is -0.0114. The van der Waals surface area contributed by atoms with E-state index in [1.54, 1.807) is 0 Å². The summed E-state index contributed by atoms with van der Waals surface area (Å²) in [4.78, 5) is 9.85. The molecular weight excluding hydrogens is 370 g/mol. The van der Waals surface area contributed by atoms with Gasteiger partial charge in [-0.15, -0.1) is 0 Å². The van der Waals surface area contributed by atoms with Crippen molar-refractivity contribution in [3.63, 3.8) is 0 Å². The zero-order valence-corrected chi connectivity index (χ0v) is 18.2. The monoisotopic (exact) mass is 405 g/mol. The third-order valence-electron chi connectivity index (χ3n) is 7.85.